The van der Waals surface area contributed by atoms with Crippen LogP contribution in [0.15, 0.2) is 53.4 Å². The van der Waals surface area contributed by atoms with E-state index in [-0.39, 0.29) is 42.5 Å². The molecule has 1 aliphatic rings. The number of ether oxygens (including phenoxy) is 2. The Balaban J connectivity index is 1.65. The van der Waals surface area contributed by atoms with E-state index in [0.717, 1.165) is 5.56 Å². The molecule has 3 rings (SSSR count). The molecule has 9 nitrogen and oxygen atoms in total. The molecule has 2 amide bonds. The van der Waals surface area contributed by atoms with Crippen LogP contribution in [0.25, 0.3) is 0 Å². The molecule has 0 unspecified atom stereocenters. The van der Waals surface area contributed by atoms with Crippen molar-refractivity contribution in [1.29, 1.82) is 0 Å². The molecule has 1 heterocycles. The molecule has 0 spiro atoms. The largest absolute Gasteiger partial charge is 0.495 e. The molecule has 31 heavy (non-hydrogen) atoms. The molecule has 0 aromatic heterocycles. The molecule has 1 fully saturated rings. The molecule has 0 saturated carbocycles. The van der Waals surface area contributed by atoms with E-state index in [1.807, 2.05) is 30.3 Å². The van der Waals surface area contributed by atoms with Gasteiger partial charge in [-0.05, 0) is 23.8 Å². The molecule has 166 valence electrons. The van der Waals surface area contributed by atoms with E-state index in [0.29, 0.717) is 19.0 Å². The second-order valence-electron chi connectivity index (χ2n) is 6.87. The highest BCUT2D eigenvalue weighted by Crippen LogP contribution is 2.29. The van der Waals surface area contributed by atoms with Crippen LogP contribution in [0, 0.1) is 0 Å². The highest BCUT2D eigenvalue weighted by atomic mass is 32.2. The first-order chi connectivity index (χ1) is 14.9. The summed E-state index contributed by atoms with van der Waals surface area (Å²) in [6, 6.07) is 13.4. The summed E-state index contributed by atoms with van der Waals surface area (Å²) in [5.74, 6) is -0.484. The van der Waals surface area contributed by atoms with E-state index in [4.69, 9.17) is 9.47 Å². The quantitative estimate of drug-likeness (QED) is 0.624. The first-order valence-electron chi connectivity index (χ1n) is 9.76. The Kier molecular flexibility index (Phi) is 7.61. The van der Waals surface area contributed by atoms with E-state index in [1.54, 1.807) is 0 Å². The van der Waals surface area contributed by atoms with Gasteiger partial charge in [-0.15, -0.1) is 0 Å². The molecule has 1 saturated heterocycles. The van der Waals surface area contributed by atoms with Crippen LogP contribution >= 0.6 is 0 Å². The molecule has 0 aliphatic carbocycles. The normalized spacial score (nSPS) is 14.6. The first-order valence-corrected chi connectivity index (χ1v) is 11.2. The van der Waals surface area contributed by atoms with Crippen molar-refractivity contribution in [2.24, 2.45) is 0 Å². The zero-order valence-electron chi connectivity index (χ0n) is 17.2. The van der Waals surface area contributed by atoms with Crippen molar-refractivity contribution < 1.29 is 27.5 Å². The van der Waals surface area contributed by atoms with E-state index >= 15 is 0 Å². The number of methoxy groups -OCH3 is 1. The highest BCUT2D eigenvalue weighted by molar-refractivity contribution is 7.89. The van der Waals surface area contributed by atoms with Crippen LogP contribution in [-0.2, 0) is 30.8 Å². The van der Waals surface area contributed by atoms with Gasteiger partial charge >= 0.3 is 0 Å². The van der Waals surface area contributed by atoms with Crippen LogP contribution in [0.3, 0.4) is 0 Å². The Morgan fingerprint density at radius 3 is 2.45 bits per heavy atom. The lowest BCUT2D eigenvalue weighted by Gasteiger charge is -2.26. The summed E-state index contributed by atoms with van der Waals surface area (Å²) < 4.78 is 37.5. The number of carbonyl (C=O) groups is 2. The molecule has 0 radical (unpaired) electrons. The van der Waals surface area contributed by atoms with Gasteiger partial charge in [0.15, 0.2) is 0 Å². The van der Waals surface area contributed by atoms with Crippen LogP contribution < -0.4 is 15.4 Å². The average Bonchev–Trinajstić information content (AvgIpc) is 2.79. The molecule has 1 aliphatic heterocycles. The number of nitrogens with one attached hydrogen (secondary N) is 2. The lowest BCUT2D eigenvalue weighted by atomic mass is 10.1. The number of hydrogen-bond donors (Lipinski definition) is 2. The summed E-state index contributed by atoms with van der Waals surface area (Å²) >= 11 is 0. The van der Waals surface area contributed by atoms with Gasteiger partial charge in [0.25, 0.3) is 0 Å². The average molecular weight is 448 g/mol. The number of nitrogens with zero attached hydrogens (tertiary/aromatic N) is 1. The minimum atomic E-state index is -3.73. The third kappa shape index (κ3) is 6.03. The maximum absolute atomic E-state index is 12.9. The van der Waals surface area contributed by atoms with E-state index in [9.17, 15) is 18.0 Å². The number of morpholine rings is 1. The fraction of sp³-hybridized carbons (Fsp3) is 0.333. The predicted octanol–water partition coefficient (Wildman–Crippen LogP) is 1.01. The number of carbonyl (C=O) groups excluding carboxylic acids is 2. The molecule has 2 aromatic carbocycles. The topological polar surface area (TPSA) is 114 Å². The van der Waals surface area contributed by atoms with Crippen LogP contribution in [0.1, 0.15) is 5.56 Å². The summed E-state index contributed by atoms with van der Waals surface area (Å²) in [6.45, 7) is 0.950. The van der Waals surface area contributed by atoms with Crippen LogP contribution in [0.5, 0.6) is 5.75 Å². The van der Waals surface area contributed by atoms with E-state index in [1.165, 1.54) is 29.6 Å². The molecular weight excluding hydrogens is 422 g/mol. The van der Waals surface area contributed by atoms with Crippen molar-refractivity contribution in [2.75, 3.05) is 45.3 Å². The summed E-state index contributed by atoms with van der Waals surface area (Å²) in [4.78, 5) is 24.4. The third-order valence-corrected chi connectivity index (χ3v) is 6.60. The van der Waals surface area contributed by atoms with Gasteiger partial charge in [-0.2, -0.15) is 4.31 Å². The molecule has 2 aromatic rings. The van der Waals surface area contributed by atoms with Crippen molar-refractivity contribution >= 4 is 27.5 Å². The smallest absolute Gasteiger partial charge is 0.243 e. The first kappa shape index (κ1) is 22.7. The number of sulfonamides is 1. The zero-order chi connectivity index (χ0) is 22.3. The Hall–Kier alpha value is -2.95. The number of rotatable bonds is 8. The molecule has 10 heteroatoms. The van der Waals surface area contributed by atoms with Gasteiger partial charge in [0.2, 0.25) is 21.8 Å². The number of hydrogen-bond acceptors (Lipinski definition) is 6. The Morgan fingerprint density at radius 1 is 1.06 bits per heavy atom. The van der Waals surface area contributed by atoms with Crippen molar-refractivity contribution in [3.05, 3.63) is 54.1 Å². The maximum atomic E-state index is 12.9. The van der Waals surface area contributed by atoms with Gasteiger partial charge in [-0.3, -0.25) is 9.59 Å². The Bertz CT molecular complexity index is 1020. The molecular formula is C21H25N3O6S. The monoisotopic (exact) mass is 447 g/mol. The molecule has 0 bridgehead atoms. The van der Waals surface area contributed by atoms with Crippen LogP contribution in [0.2, 0.25) is 0 Å². The highest BCUT2D eigenvalue weighted by Gasteiger charge is 2.27. The van der Waals surface area contributed by atoms with Gasteiger partial charge in [-0.25, -0.2) is 8.42 Å². The third-order valence-electron chi connectivity index (χ3n) is 4.71. The second kappa shape index (κ2) is 10.4. The van der Waals surface area contributed by atoms with Gasteiger partial charge in [0, 0.05) is 13.1 Å². The summed E-state index contributed by atoms with van der Waals surface area (Å²) in [5, 5.41) is 5.16. The number of benzene rings is 2. The minimum Gasteiger partial charge on any atom is -0.495 e. The fourth-order valence-electron chi connectivity index (χ4n) is 3.10. The van der Waals surface area contributed by atoms with Crippen LogP contribution in [-0.4, -0.2) is 64.5 Å². The minimum absolute atomic E-state index is 0.0404. The number of anilines is 1. The lowest BCUT2D eigenvalue weighted by Crippen LogP contribution is -2.40. The molecule has 0 atom stereocenters. The maximum Gasteiger partial charge on any atom is 0.243 e. The van der Waals surface area contributed by atoms with Gasteiger partial charge in [-0.1, -0.05) is 30.3 Å². The summed E-state index contributed by atoms with van der Waals surface area (Å²) in [5.41, 5.74) is 1.04. The van der Waals surface area contributed by atoms with Crippen molar-refractivity contribution in [2.45, 2.75) is 11.3 Å². The summed E-state index contributed by atoms with van der Waals surface area (Å²) in [7, 11) is -2.31. The van der Waals surface area contributed by atoms with Gasteiger partial charge in [0.1, 0.15) is 5.75 Å². The predicted molar refractivity (Wildman–Crippen MR) is 114 cm³/mol. The van der Waals surface area contributed by atoms with Crippen molar-refractivity contribution in [3.8, 4) is 5.75 Å². The van der Waals surface area contributed by atoms with Gasteiger partial charge in [0.05, 0.1) is 43.9 Å². The van der Waals surface area contributed by atoms with E-state index < -0.39 is 15.9 Å². The fourth-order valence-corrected chi connectivity index (χ4v) is 4.53. The standard InChI is InChI=1S/C21H25N3O6S/c1-29-19-8-7-17(31(27,28)24-9-11-30-12-10-24)14-18(19)23-21(26)15-22-20(25)13-16-5-3-2-4-6-16/h2-8,14H,9-13,15H2,1H3,(H,22,25)(H,23,26). The number of amides is 2. The second-order valence-corrected chi connectivity index (χ2v) is 8.80. The lowest BCUT2D eigenvalue weighted by molar-refractivity contribution is -0.123. The van der Waals surface area contributed by atoms with Crippen molar-refractivity contribution in [3.63, 3.8) is 0 Å². The summed E-state index contributed by atoms with van der Waals surface area (Å²) in [6.07, 6.45) is 0.157. The zero-order valence-corrected chi connectivity index (χ0v) is 18.0. The Labute approximate surface area is 181 Å². The van der Waals surface area contributed by atoms with Crippen LogP contribution in [0.4, 0.5) is 5.69 Å². The van der Waals surface area contributed by atoms with E-state index in [2.05, 4.69) is 10.6 Å². The molecule has 2 N–H and O–H groups in total. The van der Waals surface area contributed by atoms with Crippen molar-refractivity contribution in [1.82, 2.24) is 9.62 Å². The van der Waals surface area contributed by atoms with Gasteiger partial charge < -0.3 is 20.1 Å². The SMILES string of the molecule is COc1ccc(S(=O)(=O)N2CCOCC2)cc1NC(=O)CNC(=O)Cc1ccccc1. The Morgan fingerprint density at radius 2 is 1.77 bits per heavy atom.